The molecule has 44 heavy (non-hydrogen) atoms. The largest absolute Gasteiger partial charge is 0.495 e. The lowest BCUT2D eigenvalue weighted by Crippen LogP contribution is -2.40. The highest BCUT2D eigenvalue weighted by atomic mass is 35.5. The van der Waals surface area contributed by atoms with Crippen LogP contribution in [0.15, 0.2) is 53.6 Å². The van der Waals surface area contributed by atoms with Crippen LogP contribution in [0.3, 0.4) is 0 Å². The molecule has 1 aromatic carbocycles. The maximum absolute atomic E-state index is 14.5. The van der Waals surface area contributed by atoms with Crippen molar-refractivity contribution in [1.29, 1.82) is 0 Å². The Morgan fingerprint density at radius 3 is 2.36 bits per heavy atom. The lowest BCUT2D eigenvalue weighted by Gasteiger charge is -2.33. The van der Waals surface area contributed by atoms with Crippen LogP contribution in [-0.4, -0.2) is 83.0 Å². The molecule has 232 valence electrons. The average molecular weight is 641 g/mol. The first-order chi connectivity index (χ1) is 21.1. The van der Waals surface area contributed by atoms with E-state index in [0.717, 1.165) is 0 Å². The Balaban J connectivity index is 1.60. The summed E-state index contributed by atoms with van der Waals surface area (Å²) >= 11 is 13.5. The number of aryl methyl sites for hydroxylation is 1. The molecule has 0 atom stereocenters. The minimum absolute atomic E-state index is 0.0376. The number of carbonyl (C=O) groups is 1. The molecule has 5 rings (SSSR count). The number of piperidine rings is 1. The van der Waals surface area contributed by atoms with Gasteiger partial charge in [0.1, 0.15) is 17.3 Å². The Labute approximate surface area is 265 Å². The van der Waals surface area contributed by atoms with Gasteiger partial charge in [-0.25, -0.2) is 4.98 Å². The van der Waals surface area contributed by atoms with Crippen molar-refractivity contribution in [3.05, 3.63) is 69.2 Å². The molecule has 0 unspecified atom stereocenters. The van der Waals surface area contributed by atoms with Crippen LogP contribution in [0.5, 0.6) is 11.5 Å². The maximum atomic E-state index is 14.5. The molecule has 0 radical (unpaired) electrons. The van der Waals surface area contributed by atoms with Gasteiger partial charge in [-0.05, 0) is 33.0 Å². The third-order valence-electron chi connectivity index (χ3n) is 7.61. The topological polar surface area (TPSA) is 107 Å². The number of pyridine rings is 2. The molecular weight excluding hydrogens is 605 g/mol. The first-order valence-corrected chi connectivity index (χ1v) is 14.9. The van der Waals surface area contributed by atoms with Gasteiger partial charge in [0.2, 0.25) is 5.91 Å². The maximum Gasteiger partial charge on any atom is 0.259 e. The van der Waals surface area contributed by atoms with E-state index in [2.05, 4.69) is 15.4 Å². The Hall–Kier alpha value is -4.06. The van der Waals surface area contributed by atoms with E-state index in [4.69, 9.17) is 32.7 Å². The molecule has 0 saturated carbocycles. The van der Waals surface area contributed by atoms with Gasteiger partial charge in [0.25, 0.3) is 5.56 Å². The molecule has 1 aliphatic rings. The van der Waals surface area contributed by atoms with Gasteiger partial charge >= 0.3 is 0 Å². The quantitative estimate of drug-likeness (QED) is 0.251. The summed E-state index contributed by atoms with van der Waals surface area (Å²) in [7, 11) is 8.71. The van der Waals surface area contributed by atoms with Gasteiger partial charge in [-0.3, -0.25) is 14.3 Å². The van der Waals surface area contributed by atoms with Crippen LogP contribution in [0.1, 0.15) is 18.9 Å². The van der Waals surface area contributed by atoms with Crippen molar-refractivity contribution >= 4 is 51.6 Å². The van der Waals surface area contributed by atoms with Crippen molar-refractivity contribution in [3.8, 4) is 22.6 Å². The van der Waals surface area contributed by atoms with Crippen LogP contribution >= 0.6 is 23.2 Å². The predicted octanol–water partition coefficient (Wildman–Crippen LogP) is 5.15. The summed E-state index contributed by atoms with van der Waals surface area (Å²) in [6, 6.07) is 6.81. The van der Waals surface area contributed by atoms with Crippen LogP contribution in [0.25, 0.3) is 22.0 Å². The standard InChI is InChI=1S/C31H35Cl2N7O4/c1-37(2)11-6-7-27(41)39-13-8-20(9-14-39)40-22-16-26(35-25-10-12-38(3)36-25)34-18-19(22)15-21(31(40)42)28-29(32)23(43-4)17-24(44-5)30(28)33/h6-7,10,12,15-18,20H,8-9,11,13-14H2,1-5H3,(H,34,35,36)/b7-6+. The Morgan fingerprint density at radius 1 is 1.09 bits per heavy atom. The lowest BCUT2D eigenvalue weighted by molar-refractivity contribution is -0.127. The van der Waals surface area contributed by atoms with E-state index in [9.17, 15) is 9.59 Å². The molecule has 3 aromatic heterocycles. The summed E-state index contributed by atoms with van der Waals surface area (Å²) in [6.07, 6.45) is 8.17. The van der Waals surface area contributed by atoms with E-state index in [-0.39, 0.29) is 27.6 Å². The van der Waals surface area contributed by atoms with E-state index in [1.165, 1.54) is 14.2 Å². The number of likely N-dealkylation sites (tertiary alicyclic amines) is 1. The number of methoxy groups -OCH3 is 2. The second-order valence-corrected chi connectivity index (χ2v) is 11.6. The third-order valence-corrected chi connectivity index (χ3v) is 8.36. The Morgan fingerprint density at radius 2 is 1.77 bits per heavy atom. The van der Waals surface area contributed by atoms with Crippen molar-refractivity contribution in [1.82, 2.24) is 29.1 Å². The number of amides is 1. The van der Waals surface area contributed by atoms with Crippen molar-refractivity contribution in [2.24, 2.45) is 7.05 Å². The van der Waals surface area contributed by atoms with Crippen molar-refractivity contribution < 1.29 is 14.3 Å². The van der Waals surface area contributed by atoms with Gasteiger partial charge in [0.15, 0.2) is 5.82 Å². The second-order valence-electron chi connectivity index (χ2n) is 10.9. The number of anilines is 2. The summed E-state index contributed by atoms with van der Waals surface area (Å²) in [5.74, 6) is 1.78. The van der Waals surface area contributed by atoms with Gasteiger partial charge in [0, 0.05) is 80.3 Å². The molecule has 0 bridgehead atoms. The molecule has 0 aliphatic carbocycles. The molecule has 1 saturated heterocycles. The summed E-state index contributed by atoms with van der Waals surface area (Å²) in [4.78, 5) is 35.7. The fourth-order valence-corrected chi connectivity index (χ4v) is 6.10. The first-order valence-electron chi connectivity index (χ1n) is 14.1. The molecular formula is C31H35Cl2N7O4. The fourth-order valence-electron chi connectivity index (χ4n) is 5.39. The minimum atomic E-state index is -0.276. The number of carbonyl (C=O) groups excluding carboxylic acids is 1. The fraction of sp³-hybridized carbons (Fsp3) is 0.355. The Kier molecular flexibility index (Phi) is 9.48. The van der Waals surface area contributed by atoms with Gasteiger partial charge in [0.05, 0.1) is 35.3 Å². The van der Waals surface area contributed by atoms with Gasteiger partial charge in [-0.15, -0.1) is 0 Å². The van der Waals surface area contributed by atoms with Crippen LogP contribution in [0.4, 0.5) is 11.6 Å². The third kappa shape index (κ3) is 6.40. The number of nitrogens with one attached hydrogen (secondary N) is 1. The van der Waals surface area contributed by atoms with Crippen LogP contribution < -0.4 is 20.3 Å². The van der Waals surface area contributed by atoms with E-state index in [0.29, 0.717) is 77.6 Å². The van der Waals surface area contributed by atoms with Gasteiger partial charge < -0.3 is 29.2 Å². The van der Waals surface area contributed by atoms with E-state index < -0.39 is 0 Å². The number of benzene rings is 1. The van der Waals surface area contributed by atoms with Gasteiger partial charge in [-0.2, -0.15) is 5.10 Å². The number of hydrogen-bond donors (Lipinski definition) is 1. The zero-order valence-corrected chi connectivity index (χ0v) is 26.8. The monoisotopic (exact) mass is 639 g/mol. The number of nitrogens with zero attached hydrogens (tertiary/aromatic N) is 6. The van der Waals surface area contributed by atoms with Crippen molar-refractivity contribution in [2.45, 2.75) is 18.9 Å². The first kappa shape index (κ1) is 31.4. The molecule has 1 N–H and O–H groups in total. The van der Waals surface area contributed by atoms with Gasteiger partial charge in [-0.1, -0.05) is 29.3 Å². The van der Waals surface area contributed by atoms with E-state index in [1.54, 1.807) is 33.7 Å². The van der Waals surface area contributed by atoms with E-state index >= 15 is 0 Å². The van der Waals surface area contributed by atoms with Crippen LogP contribution in [0.2, 0.25) is 10.0 Å². The molecule has 11 nitrogen and oxygen atoms in total. The number of ether oxygens (including phenoxy) is 2. The van der Waals surface area contributed by atoms with Crippen molar-refractivity contribution in [3.63, 3.8) is 0 Å². The molecule has 1 amide bonds. The minimum Gasteiger partial charge on any atom is -0.495 e. The molecule has 13 heteroatoms. The number of rotatable bonds is 9. The molecule has 4 heterocycles. The molecule has 4 aromatic rings. The van der Waals surface area contributed by atoms with Crippen molar-refractivity contribution in [2.75, 3.05) is 53.3 Å². The number of fused-ring (bicyclic) bond motifs is 1. The summed E-state index contributed by atoms with van der Waals surface area (Å²) in [5, 5.41) is 8.70. The molecule has 1 fully saturated rings. The molecule has 1 aliphatic heterocycles. The second kappa shape index (κ2) is 13.3. The zero-order valence-electron chi connectivity index (χ0n) is 25.3. The summed E-state index contributed by atoms with van der Waals surface area (Å²) < 4.78 is 14.4. The number of halogens is 2. The highest BCUT2D eigenvalue weighted by molar-refractivity contribution is 6.41. The van der Waals surface area contributed by atoms with Crippen LogP contribution in [-0.2, 0) is 11.8 Å². The number of hydrogen-bond acceptors (Lipinski definition) is 8. The SMILES string of the molecule is COc1cc(OC)c(Cl)c(-c2cc3cnc(Nc4ccn(C)n4)cc3n(C3CCN(C(=O)/C=C/CN(C)C)CC3)c2=O)c1Cl. The smallest absolute Gasteiger partial charge is 0.259 e. The zero-order chi connectivity index (χ0) is 31.5. The summed E-state index contributed by atoms with van der Waals surface area (Å²) in [5.41, 5.74) is 1.02. The molecule has 0 spiro atoms. The Bertz CT molecular complexity index is 1750. The normalized spacial score (nSPS) is 14.1. The van der Waals surface area contributed by atoms with E-state index in [1.807, 2.05) is 55.3 Å². The lowest BCUT2D eigenvalue weighted by atomic mass is 10.00. The highest BCUT2D eigenvalue weighted by Gasteiger charge is 2.28. The predicted molar refractivity (Wildman–Crippen MR) is 174 cm³/mol. The highest BCUT2D eigenvalue weighted by Crippen LogP contribution is 2.45. The summed E-state index contributed by atoms with van der Waals surface area (Å²) in [6.45, 7) is 1.69. The average Bonchev–Trinajstić information content (AvgIpc) is 3.41. The number of likely N-dealkylation sites (N-methyl/N-ethyl adjacent to an activating group) is 1. The number of aromatic nitrogens is 4. The van der Waals surface area contributed by atoms with Crippen LogP contribution in [0, 0.1) is 0 Å².